The number of hydrogen-bond acceptors (Lipinski definition) is 5. The van der Waals surface area contributed by atoms with Crippen LogP contribution in [0.1, 0.15) is 37.0 Å². The van der Waals surface area contributed by atoms with E-state index in [9.17, 15) is 4.79 Å². The molecular weight excluding hydrogens is 388 g/mol. The summed E-state index contributed by atoms with van der Waals surface area (Å²) in [4.78, 5) is 13.0. The van der Waals surface area contributed by atoms with Crippen LogP contribution in [-0.2, 0) is 12.3 Å². The van der Waals surface area contributed by atoms with E-state index in [0.717, 1.165) is 27.5 Å². The van der Waals surface area contributed by atoms with Crippen molar-refractivity contribution in [1.82, 2.24) is 19.2 Å². The number of nitrogens with zero attached hydrogens (tertiary/aromatic N) is 4. The van der Waals surface area contributed by atoms with Gasteiger partial charge < -0.3 is 0 Å². The van der Waals surface area contributed by atoms with Crippen molar-refractivity contribution in [2.45, 2.75) is 51.6 Å². The number of fused-ring (bicyclic) bond motifs is 3. The first-order valence-corrected chi connectivity index (χ1v) is 11.4. The molecule has 0 aliphatic carbocycles. The van der Waals surface area contributed by atoms with E-state index in [1.165, 1.54) is 28.0 Å². The van der Waals surface area contributed by atoms with E-state index in [1.807, 2.05) is 15.8 Å². The maximum Gasteiger partial charge on any atom is 0.272 e. The van der Waals surface area contributed by atoms with Gasteiger partial charge in [0.25, 0.3) is 5.56 Å². The maximum absolute atomic E-state index is 13.0. The molecule has 0 radical (unpaired) electrons. The Morgan fingerprint density at radius 1 is 1.18 bits per heavy atom. The Kier molecular flexibility index (Phi) is 5.29. The second-order valence-electron chi connectivity index (χ2n) is 7.61. The van der Waals surface area contributed by atoms with Crippen LogP contribution in [0, 0.1) is 19.8 Å². The summed E-state index contributed by atoms with van der Waals surface area (Å²) in [6, 6.07) is 8.52. The van der Waals surface area contributed by atoms with Gasteiger partial charge in [0.15, 0.2) is 5.16 Å². The van der Waals surface area contributed by atoms with Crippen molar-refractivity contribution in [2.24, 2.45) is 5.92 Å². The molecule has 0 saturated carbocycles. The second kappa shape index (κ2) is 7.72. The van der Waals surface area contributed by atoms with Crippen LogP contribution in [0.4, 0.5) is 0 Å². The Labute approximate surface area is 172 Å². The van der Waals surface area contributed by atoms with Crippen molar-refractivity contribution >= 4 is 39.1 Å². The molecule has 0 N–H and O–H groups in total. The molecule has 146 valence electrons. The number of benzene rings is 1. The molecule has 0 bridgehead atoms. The molecular formula is C21H24N4OS2. The normalized spacial score (nSPS) is 11.9. The average molecular weight is 413 g/mol. The smallest absolute Gasteiger partial charge is 0.272 e. The molecule has 5 nitrogen and oxygen atoms in total. The molecule has 3 aromatic heterocycles. The average Bonchev–Trinajstić information content (AvgIpc) is 3.29. The van der Waals surface area contributed by atoms with Crippen molar-refractivity contribution in [3.8, 4) is 0 Å². The first-order chi connectivity index (χ1) is 13.5. The number of thioether (sulfide) groups is 1. The molecule has 1 aromatic carbocycles. The zero-order chi connectivity index (χ0) is 19.8. The van der Waals surface area contributed by atoms with E-state index < -0.39 is 0 Å². The molecule has 0 fully saturated rings. The van der Waals surface area contributed by atoms with Gasteiger partial charge in [-0.1, -0.05) is 49.4 Å². The first kappa shape index (κ1) is 19.2. The van der Waals surface area contributed by atoms with Gasteiger partial charge in [-0.2, -0.15) is 0 Å². The molecule has 28 heavy (non-hydrogen) atoms. The van der Waals surface area contributed by atoms with Crippen molar-refractivity contribution in [3.05, 3.63) is 56.7 Å². The summed E-state index contributed by atoms with van der Waals surface area (Å²) in [5.74, 6) is 1.98. The van der Waals surface area contributed by atoms with Gasteiger partial charge in [0.1, 0.15) is 4.70 Å². The number of hydrogen-bond donors (Lipinski definition) is 0. The van der Waals surface area contributed by atoms with Crippen LogP contribution in [0.3, 0.4) is 0 Å². The van der Waals surface area contributed by atoms with Gasteiger partial charge in [-0.25, -0.2) is 0 Å². The fraction of sp³-hybridized carbons (Fsp3) is 0.381. The van der Waals surface area contributed by atoms with Gasteiger partial charge >= 0.3 is 0 Å². The highest BCUT2D eigenvalue weighted by Crippen LogP contribution is 2.27. The third-order valence-electron chi connectivity index (χ3n) is 4.97. The van der Waals surface area contributed by atoms with Crippen LogP contribution in [0.15, 0.2) is 39.6 Å². The largest absolute Gasteiger partial charge is 0.276 e. The van der Waals surface area contributed by atoms with Gasteiger partial charge in [0.2, 0.25) is 5.78 Å². The molecule has 0 aliphatic rings. The molecule has 0 saturated heterocycles. The van der Waals surface area contributed by atoms with Crippen LogP contribution in [-0.4, -0.2) is 19.2 Å². The molecule has 0 spiro atoms. The minimum atomic E-state index is 0.0385. The molecule has 7 heteroatoms. The zero-order valence-electron chi connectivity index (χ0n) is 16.6. The van der Waals surface area contributed by atoms with Gasteiger partial charge in [0.05, 0.1) is 5.52 Å². The molecule has 3 heterocycles. The summed E-state index contributed by atoms with van der Waals surface area (Å²) in [5, 5.41) is 11.6. The maximum atomic E-state index is 13.0. The van der Waals surface area contributed by atoms with Crippen LogP contribution >= 0.6 is 23.1 Å². The molecule has 4 rings (SSSR count). The number of rotatable bonds is 6. The standard InChI is InChI=1S/C21H24N4OS2/c1-13(2)7-9-24-19(26)18-17(8-10-27-18)25-20(24)22-23-21(25)28-12-16-11-14(3)5-6-15(16)4/h5-6,8,10-11,13H,7,9,12H2,1-4H3. The lowest BCUT2D eigenvalue weighted by Crippen LogP contribution is -2.23. The Morgan fingerprint density at radius 2 is 2.00 bits per heavy atom. The van der Waals surface area contributed by atoms with E-state index in [0.29, 0.717) is 18.2 Å². The molecule has 0 aliphatic heterocycles. The van der Waals surface area contributed by atoms with Gasteiger partial charge in [-0.3, -0.25) is 13.8 Å². The lowest BCUT2D eigenvalue weighted by Gasteiger charge is -2.11. The van der Waals surface area contributed by atoms with E-state index in [4.69, 9.17) is 0 Å². The SMILES string of the molecule is Cc1ccc(C)c(CSc2nnc3n(CCC(C)C)c(=O)c4sccc4n23)c1. The number of thiophene rings is 1. The molecule has 0 atom stereocenters. The van der Waals surface area contributed by atoms with Crippen LogP contribution in [0.25, 0.3) is 16.0 Å². The Balaban J connectivity index is 1.78. The fourth-order valence-corrected chi connectivity index (χ4v) is 5.11. The molecule has 0 unspecified atom stereocenters. The Morgan fingerprint density at radius 3 is 2.79 bits per heavy atom. The van der Waals surface area contributed by atoms with Crippen molar-refractivity contribution in [2.75, 3.05) is 0 Å². The predicted octanol–water partition coefficient (Wildman–Crippen LogP) is 5.06. The minimum Gasteiger partial charge on any atom is -0.276 e. The third kappa shape index (κ3) is 3.49. The van der Waals surface area contributed by atoms with E-state index in [2.05, 4.69) is 56.1 Å². The lowest BCUT2D eigenvalue weighted by molar-refractivity contribution is 0.512. The minimum absolute atomic E-state index is 0.0385. The summed E-state index contributed by atoms with van der Waals surface area (Å²) in [6.07, 6.45) is 0.935. The zero-order valence-corrected chi connectivity index (χ0v) is 18.2. The highest BCUT2D eigenvalue weighted by Gasteiger charge is 2.18. The van der Waals surface area contributed by atoms with Crippen molar-refractivity contribution < 1.29 is 0 Å². The molecule has 4 aromatic rings. The highest BCUT2D eigenvalue weighted by atomic mass is 32.2. The highest BCUT2D eigenvalue weighted by molar-refractivity contribution is 7.98. The Hall–Kier alpha value is -2.12. The summed E-state index contributed by atoms with van der Waals surface area (Å²) >= 11 is 3.16. The third-order valence-corrected chi connectivity index (χ3v) is 6.84. The number of aryl methyl sites for hydroxylation is 3. The first-order valence-electron chi connectivity index (χ1n) is 9.49. The summed E-state index contributed by atoms with van der Waals surface area (Å²) < 4.78 is 4.60. The lowest BCUT2D eigenvalue weighted by atomic mass is 10.1. The van der Waals surface area contributed by atoms with Crippen molar-refractivity contribution in [3.63, 3.8) is 0 Å². The van der Waals surface area contributed by atoms with E-state index in [-0.39, 0.29) is 5.56 Å². The van der Waals surface area contributed by atoms with Crippen LogP contribution in [0.2, 0.25) is 0 Å². The van der Waals surface area contributed by atoms with Gasteiger partial charge in [0, 0.05) is 12.3 Å². The monoisotopic (exact) mass is 412 g/mol. The predicted molar refractivity (Wildman–Crippen MR) is 118 cm³/mol. The molecule has 0 amide bonds. The quantitative estimate of drug-likeness (QED) is 0.415. The topological polar surface area (TPSA) is 52.2 Å². The van der Waals surface area contributed by atoms with Gasteiger partial charge in [-0.15, -0.1) is 21.5 Å². The number of aromatic nitrogens is 4. The van der Waals surface area contributed by atoms with E-state index in [1.54, 1.807) is 16.3 Å². The van der Waals surface area contributed by atoms with E-state index >= 15 is 0 Å². The second-order valence-corrected chi connectivity index (χ2v) is 9.47. The van der Waals surface area contributed by atoms with Crippen molar-refractivity contribution in [1.29, 1.82) is 0 Å². The fourth-order valence-electron chi connectivity index (χ4n) is 3.28. The summed E-state index contributed by atoms with van der Waals surface area (Å²) in [7, 11) is 0. The van der Waals surface area contributed by atoms with Crippen LogP contribution < -0.4 is 5.56 Å². The van der Waals surface area contributed by atoms with Crippen LogP contribution in [0.5, 0.6) is 0 Å². The van der Waals surface area contributed by atoms with Gasteiger partial charge in [-0.05, 0) is 48.8 Å². The summed E-state index contributed by atoms with van der Waals surface area (Å²) in [6.45, 7) is 9.25. The summed E-state index contributed by atoms with van der Waals surface area (Å²) in [5.41, 5.74) is 4.78. The Bertz CT molecular complexity index is 1200.